The molecule has 0 saturated heterocycles. The van der Waals surface area contributed by atoms with Crippen LogP contribution in [0.1, 0.15) is 30.5 Å². The van der Waals surface area contributed by atoms with Gasteiger partial charge in [0, 0.05) is 7.11 Å². The molecule has 0 heterocycles. The van der Waals surface area contributed by atoms with Crippen molar-refractivity contribution in [2.45, 2.75) is 38.5 Å². The second-order valence-electron chi connectivity index (χ2n) is 4.10. The van der Waals surface area contributed by atoms with Crippen LogP contribution in [0.2, 0.25) is 0 Å². The molecule has 0 amide bonds. The van der Waals surface area contributed by atoms with Gasteiger partial charge in [0.15, 0.2) is 0 Å². The highest BCUT2D eigenvalue weighted by Gasteiger charge is 2.23. The van der Waals surface area contributed by atoms with E-state index < -0.39 is 18.4 Å². The minimum atomic E-state index is -4.13. The highest BCUT2D eigenvalue weighted by Crippen LogP contribution is 2.29. The molecule has 8 heteroatoms. The Bertz CT molecular complexity index is 596. The molecule has 1 atom stereocenters. The summed E-state index contributed by atoms with van der Waals surface area (Å²) in [5.41, 5.74) is 2.68. The molecule has 6 nitrogen and oxygen atoms in total. The standard InChI is InChI=1S/C12H19O6PS/c1-5-10-9(3)7-8-12(11(10)6-2)20(14,15)18-17-19(13)16-4/h7-8,19H,5-6H2,1-4H3. The largest absolute Gasteiger partial charge is 0.348 e. The van der Waals surface area contributed by atoms with Gasteiger partial charge >= 0.3 is 18.4 Å². The summed E-state index contributed by atoms with van der Waals surface area (Å²) in [7, 11) is -5.96. The van der Waals surface area contributed by atoms with Crippen LogP contribution in [0.4, 0.5) is 0 Å². The minimum absolute atomic E-state index is 0.0355. The Kier molecular flexibility index (Phi) is 6.36. The maximum atomic E-state index is 12.1. The van der Waals surface area contributed by atoms with Crippen LogP contribution < -0.4 is 0 Å². The van der Waals surface area contributed by atoms with Crippen molar-refractivity contribution in [3.8, 4) is 0 Å². The van der Waals surface area contributed by atoms with E-state index in [9.17, 15) is 13.0 Å². The van der Waals surface area contributed by atoms with E-state index in [4.69, 9.17) is 0 Å². The van der Waals surface area contributed by atoms with E-state index in [0.29, 0.717) is 18.4 Å². The van der Waals surface area contributed by atoms with Crippen molar-refractivity contribution < 1.29 is 26.5 Å². The quantitative estimate of drug-likeness (QED) is 0.436. The fourth-order valence-corrected chi connectivity index (χ4v) is 3.57. The van der Waals surface area contributed by atoms with Gasteiger partial charge < -0.3 is 4.52 Å². The van der Waals surface area contributed by atoms with Crippen LogP contribution in [0, 0.1) is 6.92 Å². The van der Waals surface area contributed by atoms with Gasteiger partial charge in [0.05, 0.1) is 4.90 Å². The molecule has 114 valence electrons. The highest BCUT2D eigenvalue weighted by atomic mass is 32.2. The van der Waals surface area contributed by atoms with Crippen molar-refractivity contribution >= 4 is 18.4 Å². The number of aryl methyl sites for hydroxylation is 1. The van der Waals surface area contributed by atoms with Crippen LogP contribution in [-0.4, -0.2) is 15.5 Å². The lowest BCUT2D eigenvalue weighted by atomic mass is 9.98. The maximum Gasteiger partial charge on any atom is 0.348 e. The molecule has 0 radical (unpaired) electrons. The van der Waals surface area contributed by atoms with Crippen molar-refractivity contribution in [2.24, 2.45) is 0 Å². The molecule has 1 rings (SSSR count). The van der Waals surface area contributed by atoms with E-state index in [-0.39, 0.29) is 4.90 Å². The summed E-state index contributed by atoms with van der Waals surface area (Å²) in [5, 5.41) is 0. The first-order chi connectivity index (χ1) is 9.37. The first-order valence-electron chi connectivity index (χ1n) is 6.17. The topological polar surface area (TPSA) is 78.9 Å². The van der Waals surface area contributed by atoms with Gasteiger partial charge in [-0.3, -0.25) is 4.57 Å². The van der Waals surface area contributed by atoms with E-state index in [1.165, 1.54) is 6.07 Å². The van der Waals surface area contributed by atoms with Gasteiger partial charge in [-0.1, -0.05) is 24.2 Å². The number of benzene rings is 1. The SMILES string of the molecule is CCc1c(C)ccc(S(=O)(=O)OO[PH](=O)OC)c1CC. The van der Waals surface area contributed by atoms with Gasteiger partial charge in [-0.05, 0) is 42.5 Å². The zero-order valence-corrected chi connectivity index (χ0v) is 13.7. The molecule has 0 aliphatic rings. The molecule has 0 N–H and O–H groups in total. The molecule has 0 aliphatic carbocycles. The Balaban J connectivity index is 3.21. The van der Waals surface area contributed by atoms with Gasteiger partial charge in [-0.2, -0.15) is 8.42 Å². The van der Waals surface area contributed by atoms with Gasteiger partial charge in [-0.25, -0.2) is 0 Å². The van der Waals surface area contributed by atoms with E-state index in [2.05, 4.69) is 13.5 Å². The average Bonchev–Trinajstić information content (AvgIpc) is 2.43. The summed E-state index contributed by atoms with van der Waals surface area (Å²) in [5.74, 6) is 0. The lowest BCUT2D eigenvalue weighted by Gasteiger charge is -2.14. The molecule has 1 unspecified atom stereocenters. The summed E-state index contributed by atoms with van der Waals surface area (Å²) >= 11 is 0. The van der Waals surface area contributed by atoms with Crippen LogP contribution >= 0.6 is 8.25 Å². The Morgan fingerprint density at radius 2 is 1.75 bits per heavy atom. The summed E-state index contributed by atoms with van der Waals surface area (Å²) in [4.78, 5) is 0.0355. The summed E-state index contributed by atoms with van der Waals surface area (Å²) in [6.45, 7) is 5.75. The van der Waals surface area contributed by atoms with E-state index in [1.807, 2.05) is 20.8 Å². The molecule has 0 bridgehead atoms. The van der Waals surface area contributed by atoms with E-state index in [0.717, 1.165) is 18.2 Å². The lowest BCUT2D eigenvalue weighted by molar-refractivity contribution is -0.0962. The highest BCUT2D eigenvalue weighted by molar-refractivity contribution is 7.86. The third-order valence-corrected chi connectivity index (χ3v) is 4.80. The van der Waals surface area contributed by atoms with Crippen molar-refractivity contribution in [3.05, 3.63) is 28.8 Å². The predicted octanol–water partition coefficient (Wildman–Crippen LogP) is 2.79. The van der Waals surface area contributed by atoms with E-state index >= 15 is 0 Å². The number of hydrogen-bond donors (Lipinski definition) is 0. The van der Waals surface area contributed by atoms with Gasteiger partial charge in [0.25, 0.3) is 0 Å². The summed E-state index contributed by atoms with van der Waals surface area (Å²) < 4.78 is 48.1. The van der Waals surface area contributed by atoms with Crippen molar-refractivity contribution in [1.29, 1.82) is 0 Å². The third-order valence-electron chi connectivity index (χ3n) is 2.96. The molecular weight excluding hydrogens is 303 g/mol. The first-order valence-corrected chi connectivity index (χ1v) is 8.81. The van der Waals surface area contributed by atoms with Gasteiger partial charge in [-0.15, -0.1) is 4.67 Å². The van der Waals surface area contributed by atoms with Gasteiger partial charge in [0.2, 0.25) is 0 Å². The lowest BCUT2D eigenvalue weighted by Crippen LogP contribution is -2.10. The fourth-order valence-electron chi connectivity index (χ4n) is 2.05. The fraction of sp³-hybridized carbons (Fsp3) is 0.500. The second kappa shape index (κ2) is 7.33. The third kappa shape index (κ3) is 3.90. The second-order valence-corrected chi connectivity index (χ2v) is 6.66. The van der Waals surface area contributed by atoms with Crippen LogP contribution in [0.25, 0.3) is 0 Å². The normalized spacial score (nSPS) is 13.4. The van der Waals surface area contributed by atoms with Crippen molar-refractivity contribution in [3.63, 3.8) is 0 Å². The zero-order chi connectivity index (χ0) is 15.3. The molecule has 0 aromatic heterocycles. The Hall–Kier alpha value is -0.720. The van der Waals surface area contributed by atoms with Crippen molar-refractivity contribution in [2.75, 3.05) is 7.11 Å². The van der Waals surface area contributed by atoms with Crippen LogP contribution in [0.15, 0.2) is 17.0 Å². The predicted molar refractivity (Wildman–Crippen MR) is 75.3 cm³/mol. The summed E-state index contributed by atoms with van der Waals surface area (Å²) in [6.07, 6.45) is 1.26. The van der Waals surface area contributed by atoms with Crippen LogP contribution in [-0.2, 0) is 41.1 Å². The van der Waals surface area contributed by atoms with Gasteiger partial charge in [0.1, 0.15) is 0 Å². The molecule has 0 fully saturated rings. The molecule has 0 aliphatic heterocycles. The molecule has 1 aromatic rings. The average molecular weight is 322 g/mol. The molecule has 0 saturated carbocycles. The summed E-state index contributed by atoms with van der Waals surface area (Å²) in [6, 6.07) is 3.18. The molecule has 20 heavy (non-hydrogen) atoms. The number of rotatable bonds is 7. The Labute approximate surface area is 120 Å². The minimum Gasteiger partial charge on any atom is -0.312 e. The monoisotopic (exact) mass is 322 g/mol. The smallest absolute Gasteiger partial charge is 0.312 e. The van der Waals surface area contributed by atoms with E-state index in [1.54, 1.807) is 6.07 Å². The molecule has 0 spiro atoms. The molecular formula is C12H19O6PS. The molecule has 1 aromatic carbocycles. The Morgan fingerprint density at radius 1 is 1.15 bits per heavy atom. The van der Waals surface area contributed by atoms with Crippen LogP contribution in [0.5, 0.6) is 0 Å². The van der Waals surface area contributed by atoms with Crippen LogP contribution in [0.3, 0.4) is 0 Å². The first kappa shape index (κ1) is 17.3. The zero-order valence-electron chi connectivity index (χ0n) is 11.9. The number of hydrogen-bond acceptors (Lipinski definition) is 6. The maximum absolute atomic E-state index is 12.1. The Morgan fingerprint density at radius 3 is 2.25 bits per heavy atom. The van der Waals surface area contributed by atoms with Crippen molar-refractivity contribution in [1.82, 2.24) is 0 Å².